The van der Waals surface area contributed by atoms with E-state index in [1.165, 1.54) is 0 Å². The molecule has 1 fully saturated rings. The number of benzene rings is 1. The molecule has 28 heavy (non-hydrogen) atoms. The summed E-state index contributed by atoms with van der Waals surface area (Å²) in [6.45, 7) is 2.46. The van der Waals surface area contributed by atoms with Crippen LogP contribution in [0, 0.1) is 0 Å². The van der Waals surface area contributed by atoms with Gasteiger partial charge in [0.05, 0.1) is 5.60 Å². The highest BCUT2D eigenvalue weighted by atomic mass is 35.5. The van der Waals surface area contributed by atoms with Crippen molar-refractivity contribution in [2.75, 3.05) is 13.1 Å². The molecular formula is C20H20ClN5O2. The van der Waals surface area contributed by atoms with Crippen LogP contribution in [0.5, 0.6) is 0 Å². The third kappa shape index (κ3) is 2.78. The van der Waals surface area contributed by atoms with Crippen molar-refractivity contribution in [1.29, 1.82) is 0 Å². The van der Waals surface area contributed by atoms with E-state index in [4.69, 9.17) is 22.1 Å². The van der Waals surface area contributed by atoms with Gasteiger partial charge >= 0.3 is 0 Å². The third-order valence-corrected chi connectivity index (χ3v) is 6.07. The van der Waals surface area contributed by atoms with Crippen molar-refractivity contribution < 1.29 is 9.53 Å². The molecule has 1 spiro atoms. The van der Waals surface area contributed by atoms with Crippen LogP contribution in [-0.2, 0) is 21.7 Å². The minimum atomic E-state index is -0.706. The number of amides is 1. The van der Waals surface area contributed by atoms with Gasteiger partial charge in [0.15, 0.2) is 11.8 Å². The van der Waals surface area contributed by atoms with E-state index in [9.17, 15) is 4.79 Å². The summed E-state index contributed by atoms with van der Waals surface area (Å²) in [6, 6.07) is 5.56. The van der Waals surface area contributed by atoms with Crippen molar-refractivity contribution in [1.82, 2.24) is 19.9 Å². The Morgan fingerprint density at radius 3 is 2.89 bits per heavy atom. The fourth-order valence-corrected chi connectivity index (χ4v) is 4.61. The highest BCUT2D eigenvalue weighted by Gasteiger charge is 2.48. The molecule has 2 aromatic heterocycles. The van der Waals surface area contributed by atoms with Gasteiger partial charge < -0.3 is 15.5 Å². The monoisotopic (exact) mass is 397 g/mol. The van der Waals surface area contributed by atoms with Crippen molar-refractivity contribution in [3.8, 4) is 0 Å². The lowest BCUT2D eigenvalue weighted by Crippen LogP contribution is -2.42. The number of carbonyl (C=O) groups is 1. The molecular weight excluding hydrogens is 378 g/mol. The summed E-state index contributed by atoms with van der Waals surface area (Å²) < 4.78 is 6.24. The van der Waals surface area contributed by atoms with E-state index in [0.717, 1.165) is 60.3 Å². The molecule has 7 nitrogen and oxygen atoms in total. The number of rotatable bonds is 3. The smallest absolute Gasteiger partial charge is 0.251 e. The Hall–Kier alpha value is -2.48. The number of hydrogen-bond donors (Lipinski definition) is 2. The Balaban J connectivity index is 1.37. The van der Waals surface area contributed by atoms with Crippen LogP contribution >= 0.6 is 11.6 Å². The highest BCUT2D eigenvalue weighted by molar-refractivity contribution is 6.30. The Morgan fingerprint density at radius 2 is 2.11 bits per heavy atom. The lowest BCUT2D eigenvalue weighted by Gasteiger charge is -2.39. The number of fused-ring (bicyclic) bond motifs is 3. The zero-order chi connectivity index (χ0) is 19.3. The van der Waals surface area contributed by atoms with Crippen molar-refractivity contribution in [3.05, 3.63) is 58.5 Å². The fraction of sp³-hybridized carbons (Fsp3) is 0.350. The van der Waals surface area contributed by atoms with Crippen molar-refractivity contribution in [3.63, 3.8) is 0 Å². The zero-order valence-electron chi connectivity index (χ0n) is 15.2. The van der Waals surface area contributed by atoms with Crippen LogP contribution in [0.4, 0.5) is 0 Å². The molecule has 5 rings (SSSR count). The second kappa shape index (κ2) is 6.55. The summed E-state index contributed by atoms with van der Waals surface area (Å²) >= 11 is 6.23. The number of ether oxygens (including phenoxy) is 1. The second-order valence-electron chi connectivity index (χ2n) is 7.47. The molecule has 0 saturated carbocycles. The third-order valence-electron chi connectivity index (χ3n) is 5.83. The molecule has 0 bridgehead atoms. The number of nitrogens with two attached hydrogens (primary N) is 1. The summed E-state index contributed by atoms with van der Waals surface area (Å²) in [4.78, 5) is 26.2. The zero-order valence-corrected chi connectivity index (χ0v) is 15.9. The van der Waals surface area contributed by atoms with Gasteiger partial charge in [-0.3, -0.25) is 14.7 Å². The van der Waals surface area contributed by atoms with Crippen LogP contribution < -0.4 is 5.73 Å². The Labute approximate surface area is 166 Å². The fourth-order valence-electron chi connectivity index (χ4n) is 4.44. The van der Waals surface area contributed by atoms with Gasteiger partial charge in [-0.2, -0.15) is 0 Å². The molecule has 1 saturated heterocycles. The summed E-state index contributed by atoms with van der Waals surface area (Å²) in [7, 11) is 0. The predicted molar refractivity (Wildman–Crippen MR) is 105 cm³/mol. The van der Waals surface area contributed by atoms with Crippen LogP contribution in [0.15, 0.2) is 36.8 Å². The number of piperidine rings is 1. The molecule has 1 unspecified atom stereocenters. The number of nitrogens with one attached hydrogen (secondary N) is 1. The molecule has 2 aliphatic heterocycles. The Morgan fingerprint density at radius 1 is 1.32 bits per heavy atom. The average Bonchev–Trinajstić information content (AvgIpc) is 3.24. The number of H-pyrrole nitrogens is 1. The van der Waals surface area contributed by atoms with Gasteiger partial charge in [0.25, 0.3) is 5.91 Å². The van der Waals surface area contributed by atoms with E-state index < -0.39 is 17.6 Å². The molecule has 1 atom stereocenters. The first-order valence-corrected chi connectivity index (χ1v) is 9.70. The minimum absolute atomic E-state index is 0.458. The van der Waals surface area contributed by atoms with Crippen LogP contribution in [-0.4, -0.2) is 38.8 Å². The number of aromatic amines is 1. The normalized spacial score (nSPS) is 21.2. The molecule has 1 aromatic carbocycles. The molecule has 2 aliphatic rings. The van der Waals surface area contributed by atoms with Crippen molar-refractivity contribution in [2.45, 2.75) is 31.1 Å². The minimum Gasteiger partial charge on any atom is -0.367 e. The van der Waals surface area contributed by atoms with E-state index >= 15 is 0 Å². The lowest BCUT2D eigenvalue weighted by molar-refractivity contribution is -0.148. The lowest BCUT2D eigenvalue weighted by atomic mass is 9.83. The number of likely N-dealkylation sites (tertiary alicyclic amines) is 1. The standard InChI is InChI=1S/C20H20ClN5O2/c21-13-1-2-14-15(9-13)20(28-17(14)18(22)27)3-7-26(8-4-20)11-12-10-25-19-16(12)23-5-6-24-19/h1-2,5-6,9-10,17H,3-4,7-8,11H2,(H2,22,27)(H,24,25). The van der Waals surface area contributed by atoms with Gasteiger partial charge in [0.1, 0.15) is 5.52 Å². The molecule has 144 valence electrons. The van der Waals surface area contributed by atoms with Crippen molar-refractivity contribution >= 4 is 28.7 Å². The largest absolute Gasteiger partial charge is 0.367 e. The first-order valence-electron chi connectivity index (χ1n) is 9.32. The van der Waals surface area contributed by atoms with E-state index in [0.29, 0.717) is 5.02 Å². The maximum absolute atomic E-state index is 11.9. The van der Waals surface area contributed by atoms with Crippen LogP contribution in [0.3, 0.4) is 0 Å². The first-order chi connectivity index (χ1) is 13.6. The first kappa shape index (κ1) is 17.6. The van der Waals surface area contributed by atoms with Gasteiger partial charge in [0, 0.05) is 48.8 Å². The summed E-state index contributed by atoms with van der Waals surface area (Å²) in [5.41, 5.74) is 9.77. The molecule has 0 aliphatic carbocycles. The highest BCUT2D eigenvalue weighted by Crippen LogP contribution is 2.50. The summed E-state index contributed by atoms with van der Waals surface area (Å²) in [5.74, 6) is -0.458. The van der Waals surface area contributed by atoms with Crippen LogP contribution in [0.1, 0.15) is 35.6 Å². The van der Waals surface area contributed by atoms with Gasteiger partial charge in [0.2, 0.25) is 0 Å². The predicted octanol–water partition coefficient (Wildman–Crippen LogP) is 2.66. The average molecular weight is 398 g/mol. The number of primary amides is 1. The van der Waals surface area contributed by atoms with E-state index in [-0.39, 0.29) is 0 Å². The maximum Gasteiger partial charge on any atom is 0.251 e. The molecule has 3 aromatic rings. The number of aromatic nitrogens is 3. The number of halogens is 1. The molecule has 4 heterocycles. The Bertz CT molecular complexity index is 1060. The number of carbonyl (C=O) groups excluding carboxylic acids is 1. The molecule has 3 N–H and O–H groups in total. The molecule has 8 heteroatoms. The summed E-state index contributed by atoms with van der Waals surface area (Å²) in [5, 5.41) is 0.645. The molecule has 1 amide bonds. The Kier molecular flexibility index (Phi) is 4.12. The summed E-state index contributed by atoms with van der Waals surface area (Å²) in [6.07, 6.45) is 6.21. The van der Waals surface area contributed by atoms with E-state index in [1.807, 2.05) is 18.3 Å². The van der Waals surface area contributed by atoms with Crippen LogP contribution in [0.2, 0.25) is 5.02 Å². The van der Waals surface area contributed by atoms with E-state index in [1.54, 1.807) is 18.5 Å². The SMILES string of the molecule is NC(=O)C1OC2(CCN(Cc3c[nH]c4nccnc34)CC2)c2cc(Cl)ccc21. The second-order valence-corrected chi connectivity index (χ2v) is 7.91. The topological polar surface area (TPSA) is 97.1 Å². The van der Waals surface area contributed by atoms with Gasteiger partial charge in [-0.05, 0) is 36.1 Å². The van der Waals surface area contributed by atoms with Crippen LogP contribution in [0.25, 0.3) is 11.2 Å². The van der Waals surface area contributed by atoms with Gasteiger partial charge in [-0.1, -0.05) is 17.7 Å². The number of nitrogens with zero attached hydrogens (tertiary/aromatic N) is 3. The number of hydrogen-bond acceptors (Lipinski definition) is 5. The maximum atomic E-state index is 11.9. The quantitative estimate of drug-likeness (QED) is 0.708. The van der Waals surface area contributed by atoms with E-state index in [2.05, 4.69) is 19.9 Å². The van der Waals surface area contributed by atoms with Crippen molar-refractivity contribution in [2.24, 2.45) is 5.73 Å². The van der Waals surface area contributed by atoms with Gasteiger partial charge in [-0.25, -0.2) is 4.98 Å². The molecule has 0 radical (unpaired) electrons. The van der Waals surface area contributed by atoms with Gasteiger partial charge in [-0.15, -0.1) is 0 Å².